The maximum absolute atomic E-state index is 7.04. The van der Waals surface area contributed by atoms with Gasteiger partial charge in [-0.1, -0.05) is 0 Å². The predicted octanol–water partition coefficient (Wildman–Crippen LogP) is 0.367. The third-order valence-corrected chi connectivity index (χ3v) is 1.06. The van der Waals surface area contributed by atoms with Crippen molar-refractivity contribution in [1.29, 1.82) is 0 Å². The maximum atomic E-state index is 7.04. The number of hydrogen-bond acceptors (Lipinski definition) is 1. The van der Waals surface area contributed by atoms with E-state index in [1.54, 1.807) is 0 Å². The molecule has 2 N–H and O–H groups in total. The number of hydrogen-bond donors (Lipinski definition) is 1. The molecule has 1 rings (SSSR count). The summed E-state index contributed by atoms with van der Waals surface area (Å²) in [4.78, 5) is 0. The van der Waals surface area contributed by atoms with Crippen molar-refractivity contribution in [2.24, 2.45) is 0 Å². The first kappa shape index (κ1) is 5.06. The molecule has 41 valence electrons. The number of nitrogens with one attached hydrogen (secondary N) is 2. The van der Waals surface area contributed by atoms with Crippen molar-refractivity contribution in [3.05, 3.63) is 0 Å². The van der Waals surface area contributed by atoms with E-state index in [0.717, 1.165) is 0 Å². The average molecular weight is 99.2 g/mol. The topological polar surface area (TPSA) is 35.8 Å². The van der Waals surface area contributed by atoms with Crippen LogP contribution < -0.4 is 11.1 Å². The molecule has 0 amide bonds. The lowest BCUT2D eigenvalue weighted by Gasteiger charge is -2.02. The van der Waals surface area contributed by atoms with Gasteiger partial charge in [0.05, 0.1) is 6.17 Å². The average Bonchev–Trinajstić information content (AvgIpc) is 2.17. The van der Waals surface area contributed by atoms with Gasteiger partial charge in [0.25, 0.3) is 0 Å². The van der Waals surface area contributed by atoms with Crippen LogP contribution in [0.1, 0.15) is 19.8 Å². The van der Waals surface area contributed by atoms with Gasteiger partial charge in [-0.05, 0) is 19.8 Å². The zero-order valence-corrected chi connectivity index (χ0v) is 4.57. The Morgan fingerprint density at radius 1 is 1.71 bits per heavy atom. The third-order valence-electron chi connectivity index (χ3n) is 1.06. The lowest BCUT2D eigenvalue weighted by molar-refractivity contribution is 0.549. The molecule has 2 nitrogen and oxygen atoms in total. The van der Waals surface area contributed by atoms with Gasteiger partial charge >= 0.3 is 0 Å². The van der Waals surface area contributed by atoms with Crippen molar-refractivity contribution in [2.75, 3.05) is 0 Å². The fraction of sp³-hybridized carbons (Fsp3) is 1.00. The van der Waals surface area contributed by atoms with Crippen LogP contribution >= 0.6 is 0 Å². The van der Waals surface area contributed by atoms with Crippen molar-refractivity contribution in [2.45, 2.75) is 32.0 Å². The highest BCUT2D eigenvalue weighted by atomic mass is 15.1. The van der Waals surface area contributed by atoms with E-state index in [1.807, 2.05) is 6.92 Å². The zero-order valence-electron chi connectivity index (χ0n) is 4.57. The highest BCUT2D eigenvalue weighted by Gasteiger charge is 2.21. The quantitative estimate of drug-likeness (QED) is 0.533. The van der Waals surface area contributed by atoms with Crippen LogP contribution in [0.5, 0.6) is 0 Å². The van der Waals surface area contributed by atoms with Crippen molar-refractivity contribution in [3.63, 3.8) is 0 Å². The van der Waals surface area contributed by atoms with E-state index in [-0.39, 0.29) is 6.17 Å². The molecule has 1 unspecified atom stereocenters. The van der Waals surface area contributed by atoms with Gasteiger partial charge in [-0.25, -0.2) is 5.73 Å². The van der Waals surface area contributed by atoms with Crippen LogP contribution in [-0.2, 0) is 0 Å². The fourth-order valence-corrected chi connectivity index (χ4v) is 0.604. The molecular formula is C5H11N2. The van der Waals surface area contributed by atoms with Gasteiger partial charge in [0.2, 0.25) is 0 Å². The van der Waals surface area contributed by atoms with E-state index in [4.69, 9.17) is 5.73 Å². The van der Waals surface area contributed by atoms with E-state index in [1.165, 1.54) is 12.8 Å². The zero-order chi connectivity index (χ0) is 5.28. The Hall–Kier alpha value is -0.0800. The van der Waals surface area contributed by atoms with Crippen LogP contribution in [-0.4, -0.2) is 12.2 Å². The van der Waals surface area contributed by atoms with Crippen LogP contribution in [0.3, 0.4) is 0 Å². The Labute approximate surface area is 44.1 Å². The van der Waals surface area contributed by atoms with Crippen molar-refractivity contribution in [1.82, 2.24) is 11.1 Å². The Bertz CT molecular complexity index is 57.1. The van der Waals surface area contributed by atoms with Gasteiger partial charge in [0, 0.05) is 6.04 Å². The van der Waals surface area contributed by atoms with Gasteiger partial charge in [0.15, 0.2) is 0 Å². The summed E-state index contributed by atoms with van der Waals surface area (Å²) in [7, 11) is 0. The Kier molecular flexibility index (Phi) is 1.30. The summed E-state index contributed by atoms with van der Waals surface area (Å²) in [5.41, 5.74) is 7.04. The summed E-state index contributed by atoms with van der Waals surface area (Å²) in [5, 5.41) is 3.08. The predicted molar refractivity (Wildman–Crippen MR) is 28.7 cm³/mol. The van der Waals surface area contributed by atoms with Gasteiger partial charge < -0.3 is 0 Å². The summed E-state index contributed by atoms with van der Waals surface area (Å²) in [5.74, 6) is 0. The molecule has 0 bridgehead atoms. The Morgan fingerprint density at radius 2 is 2.29 bits per heavy atom. The minimum atomic E-state index is -0.0625. The molecular weight excluding hydrogens is 88.1 g/mol. The Balaban J connectivity index is 1.97. The summed E-state index contributed by atoms with van der Waals surface area (Å²) < 4.78 is 0. The van der Waals surface area contributed by atoms with Crippen LogP contribution in [0.4, 0.5) is 0 Å². The maximum Gasteiger partial charge on any atom is 0.0678 e. The van der Waals surface area contributed by atoms with Crippen LogP contribution in [0.2, 0.25) is 0 Å². The van der Waals surface area contributed by atoms with Gasteiger partial charge in [-0.3, -0.25) is 5.32 Å². The number of rotatable bonds is 2. The van der Waals surface area contributed by atoms with Crippen LogP contribution in [0, 0.1) is 0 Å². The molecule has 1 fully saturated rings. The summed E-state index contributed by atoms with van der Waals surface area (Å²) in [6.07, 6.45) is 2.50. The smallest absolute Gasteiger partial charge is 0.0678 e. The molecule has 0 aromatic heterocycles. The first-order valence-corrected chi connectivity index (χ1v) is 2.76. The minimum Gasteiger partial charge on any atom is -0.298 e. The van der Waals surface area contributed by atoms with Gasteiger partial charge in [-0.2, -0.15) is 0 Å². The van der Waals surface area contributed by atoms with Crippen molar-refractivity contribution >= 4 is 0 Å². The molecule has 0 aromatic carbocycles. The van der Waals surface area contributed by atoms with Crippen molar-refractivity contribution in [3.8, 4) is 0 Å². The summed E-state index contributed by atoms with van der Waals surface area (Å²) >= 11 is 0. The molecule has 7 heavy (non-hydrogen) atoms. The highest BCUT2D eigenvalue weighted by molar-refractivity contribution is 4.81. The molecule has 0 spiro atoms. The molecule has 0 heterocycles. The highest BCUT2D eigenvalue weighted by Crippen LogP contribution is 2.18. The van der Waals surface area contributed by atoms with E-state index in [2.05, 4.69) is 5.32 Å². The first-order valence-electron chi connectivity index (χ1n) is 2.76. The first-order chi connectivity index (χ1) is 3.29. The molecule has 0 aromatic rings. The molecule has 1 aliphatic carbocycles. The van der Waals surface area contributed by atoms with Crippen molar-refractivity contribution < 1.29 is 0 Å². The second kappa shape index (κ2) is 1.80. The van der Waals surface area contributed by atoms with Gasteiger partial charge in [0.1, 0.15) is 0 Å². The van der Waals surface area contributed by atoms with Gasteiger partial charge in [-0.15, -0.1) is 0 Å². The fourth-order valence-electron chi connectivity index (χ4n) is 0.604. The Morgan fingerprint density at radius 3 is 2.43 bits per heavy atom. The van der Waals surface area contributed by atoms with Crippen LogP contribution in [0.15, 0.2) is 0 Å². The van der Waals surface area contributed by atoms with E-state index in [0.29, 0.717) is 6.04 Å². The normalized spacial score (nSPS) is 24.9. The summed E-state index contributed by atoms with van der Waals surface area (Å²) in [6, 6.07) is 0.687. The lowest BCUT2D eigenvalue weighted by atomic mass is 10.5. The van der Waals surface area contributed by atoms with E-state index < -0.39 is 0 Å². The SMILES string of the molecule is CC([NH])NC1CC1. The minimum absolute atomic E-state index is 0.0625. The molecule has 1 radical (unpaired) electrons. The molecule has 0 saturated heterocycles. The second-order valence-electron chi connectivity index (χ2n) is 2.16. The van der Waals surface area contributed by atoms with E-state index >= 15 is 0 Å². The largest absolute Gasteiger partial charge is 0.298 e. The molecule has 0 aliphatic heterocycles. The third kappa shape index (κ3) is 1.90. The standard InChI is InChI=1S/C5H11N2/c1-4(6)7-5-2-3-5/h4-7H,2-3H2,1H3. The molecule has 1 aliphatic rings. The molecule has 2 heteroatoms. The van der Waals surface area contributed by atoms with Crippen LogP contribution in [0.25, 0.3) is 0 Å². The monoisotopic (exact) mass is 99.1 g/mol. The van der Waals surface area contributed by atoms with E-state index in [9.17, 15) is 0 Å². The molecule has 1 saturated carbocycles. The molecule has 1 atom stereocenters. The second-order valence-corrected chi connectivity index (χ2v) is 2.16. The lowest BCUT2D eigenvalue weighted by Crippen LogP contribution is -2.28. The summed E-state index contributed by atoms with van der Waals surface area (Å²) in [6.45, 7) is 1.86.